The molecular formula is C26H24N2O7. The molecule has 0 radical (unpaired) electrons. The van der Waals surface area contributed by atoms with E-state index < -0.39 is 30.6 Å². The third kappa shape index (κ3) is 6.73. The van der Waals surface area contributed by atoms with Crippen molar-refractivity contribution < 1.29 is 33.3 Å². The summed E-state index contributed by atoms with van der Waals surface area (Å²) < 4.78 is 22.1. The Labute approximate surface area is 201 Å². The van der Waals surface area contributed by atoms with Crippen LogP contribution < -0.4 is 24.8 Å². The van der Waals surface area contributed by atoms with E-state index in [0.717, 1.165) is 0 Å². The van der Waals surface area contributed by atoms with Crippen molar-refractivity contribution in [2.45, 2.75) is 12.7 Å². The van der Waals surface area contributed by atoms with Gasteiger partial charge >= 0.3 is 12.0 Å². The highest BCUT2D eigenvalue weighted by molar-refractivity contribution is 5.97. The van der Waals surface area contributed by atoms with Crippen LogP contribution in [0.2, 0.25) is 0 Å². The Bertz CT molecular complexity index is 1180. The summed E-state index contributed by atoms with van der Waals surface area (Å²) in [6, 6.07) is 22.5. The van der Waals surface area contributed by atoms with Crippen LogP contribution in [0.15, 0.2) is 78.9 Å². The Balaban J connectivity index is 1.20. The summed E-state index contributed by atoms with van der Waals surface area (Å²) in [6.07, 6.45) is -0.404. The number of carbonyl (C=O) groups excluding carboxylic acids is 3. The number of urea groups is 1. The third-order valence-electron chi connectivity index (χ3n) is 5.02. The summed E-state index contributed by atoms with van der Waals surface area (Å²) in [5, 5.41) is 4.66. The highest BCUT2D eigenvalue weighted by Crippen LogP contribution is 2.30. The van der Waals surface area contributed by atoms with Crippen molar-refractivity contribution in [1.29, 1.82) is 0 Å². The maximum absolute atomic E-state index is 12.5. The number of hydrogen-bond acceptors (Lipinski definition) is 7. The van der Waals surface area contributed by atoms with E-state index in [-0.39, 0.29) is 25.3 Å². The minimum Gasteiger partial charge on any atom is -0.489 e. The van der Waals surface area contributed by atoms with Gasteiger partial charge in [-0.2, -0.15) is 0 Å². The van der Waals surface area contributed by atoms with E-state index in [1.165, 1.54) is 0 Å². The first-order valence-electron chi connectivity index (χ1n) is 11.0. The van der Waals surface area contributed by atoms with Crippen molar-refractivity contribution in [2.24, 2.45) is 0 Å². The lowest BCUT2D eigenvalue weighted by atomic mass is 10.1. The molecule has 2 N–H and O–H groups in total. The number of amides is 3. The number of imide groups is 1. The molecule has 0 aromatic heterocycles. The van der Waals surface area contributed by atoms with Gasteiger partial charge in [0.2, 0.25) is 0 Å². The van der Waals surface area contributed by atoms with Gasteiger partial charge in [0.25, 0.3) is 5.91 Å². The molecule has 3 amide bonds. The van der Waals surface area contributed by atoms with Gasteiger partial charge in [0.1, 0.15) is 19.0 Å². The normalized spacial score (nSPS) is 13.9. The number of ether oxygens (including phenoxy) is 4. The number of carbonyl (C=O) groups is 3. The van der Waals surface area contributed by atoms with Crippen LogP contribution in [-0.4, -0.2) is 43.8 Å². The second-order valence-corrected chi connectivity index (χ2v) is 7.59. The van der Waals surface area contributed by atoms with Crippen molar-refractivity contribution in [1.82, 2.24) is 10.6 Å². The number of benzene rings is 3. The number of fused-ring (bicyclic) bond motifs is 1. The number of nitrogens with one attached hydrogen (secondary N) is 2. The standard InChI is InChI=1S/C26H24N2O7/c29-24(28-26(31)27-14-20-16-33-22-12-6-7-13-23(22)35-20)17-34-25(30)21-11-5-4-8-18(21)15-32-19-9-2-1-3-10-19/h1-13,20H,14-17H2,(H2,27,28,29,31). The SMILES string of the molecule is O=C(COC(=O)c1ccccc1COc1ccccc1)NC(=O)NCC1COc2ccccc2O1. The largest absolute Gasteiger partial charge is 0.489 e. The molecule has 0 fully saturated rings. The molecule has 0 saturated heterocycles. The highest BCUT2D eigenvalue weighted by atomic mass is 16.6. The fourth-order valence-electron chi connectivity index (χ4n) is 3.31. The fraction of sp³-hybridized carbons (Fsp3) is 0.192. The van der Waals surface area contributed by atoms with E-state index in [1.807, 2.05) is 42.5 Å². The Kier molecular flexibility index (Phi) is 7.80. The van der Waals surface area contributed by atoms with Gasteiger partial charge in [-0.05, 0) is 30.3 Å². The van der Waals surface area contributed by atoms with Crippen LogP contribution in [0.3, 0.4) is 0 Å². The van der Waals surface area contributed by atoms with Gasteiger partial charge in [-0.25, -0.2) is 9.59 Å². The van der Waals surface area contributed by atoms with Gasteiger partial charge in [-0.3, -0.25) is 10.1 Å². The fourth-order valence-corrected chi connectivity index (χ4v) is 3.31. The average Bonchev–Trinajstić information content (AvgIpc) is 2.90. The minimum absolute atomic E-state index is 0.127. The smallest absolute Gasteiger partial charge is 0.339 e. The summed E-state index contributed by atoms with van der Waals surface area (Å²) in [4.78, 5) is 36.6. The van der Waals surface area contributed by atoms with E-state index in [9.17, 15) is 14.4 Å². The maximum Gasteiger partial charge on any atom is 0.339 e. The molecule has 0 spiro atoms. The van der Waals surface area contributed by atoms with Gasteiger partial charge in [-0.1, -0.05) is 48.5 Å². The second-order valence-electron chi connectivity index (χ2n) is 7.59. The molecule has 3 aromatic carbocycles. The predicted octanol–water partition coefficient (Wildman–Crippen LogP) is 3.09. The first-order valence-corrected chi connectivity index (χ1v) is 11.0. The maximum atomic E-state index is 12.5. The van der Waals surface area contributed by atoms with Crippen LogP contribution in [0.25, 0.3) is 0 Å². The lowest BCUT2D eigenvalue weighted by molar-refractivity contribution is -0.123. The first kappa shape index (κ1) is 23.6. The summed E-state index contributed by atoms with van der Waals surface area (Å²) in [5.74, 6) is 0.427. The molecule has 180 valence electrons. The van der Waals surface area contributed by atoms with Crippen LogP contribution in [0.4, 0.5) is 4.79 Å². The molecule has 1 aliphatic rings. The molecule has 1 aliphatic heterocycles. The molecule has 4 rings (SSSR count). The molecule has 35 heavy (non-hydrogen) atoms. The molecule has 0 bridgehead atoms. The number of hydrogen-bond donors (Lipinski definition) is 2. The zero-order valence-corrected chi connectivity index (χ0v) is 18.8. The summed E-state index contributed by atoms with van der Waals surface area (Å²) in [6.45, 7) is -0.0733. The van der Waals surface area contributed by atoms with Gasteiger partial charge in [0.05, 0.1) is 12.1 Å². The molecule has 0 aliphatic carbocycles. The van der Waals surface area contributed by atoms with E-state index in [4.69, 9.17) is 18.9 Å². The quantitative estimate of drug-likeness (QED) is 0.481. The average molecular weight is 476 g/mol. The lowest BCUT2D eigenvalue weighted by Crippen LogP contribution is -2.46. The van der Waals surface area contributed by atoms with Crippen molar-refractivity contribution in [3.05, 3.63) is 90.0 Å². The molecule has 1 heterocycles. The number of para-hydroxylation sites is 3. The lowest BCUT2D eigenvalue weighted by Gasteiger charge is -2.26. The Morgan fingerprint density at radius 2 is 1.60 bits per heavy atom. The van der Waals surface area contributed by atoms with E-state index >= 15 is 0 Å². The molecule has 0 saturated carbocycles. The van der Waals surface area contributed by atoms with E-state index in [2.05, 4.69) is 10.6 Å². The van der Waals surface area contributed by atoms with Gasteiger partial charge in [0.15, 0.2) is 24.2 Å². The van der Waals surface area contributed by atoms with Gasteiger partial charge in [0, 0.05) is 5.56 Å². The summed E-state index contributed by atoms with van der Waals surface area (Å²) in [5.41, 5.74) is 0.881. The van der Waals surface area contributed by atoms with Crippen molar-refractivity contribution in [2.75, 3.05) is 19.8 Å². The monoisotopic (exact) mass is 476 g/mol. The molecule has 9 nitrogen and oxygen atoms in total. The predicted molar refractivity (Wildman–Crippen MR) is 125 cm³/mol. The van der Waals surface area contributed by atoms with Gasteiger partial charge in [-0.15, -0.1) is 0 Å². The highest BCUT2D eigenvalue weighted by Gasteiger charge is 2.22. The number of esters is 1. The van der Waals surface area contributed by atoms with Gasteiger partial charge < -0.3 is 24.3 Å². The second kappa shape index (κ2) is 11.6. The number of rotatable bonds is 8. The summed E-state index contributed by atoms with van der Waals surface area (Å²) >= 11 is 0. The van der Waals surface area contributed by atoms with Crippen LogP contribution in [0.5, 0.6) is 17.2 Å². The topological polar surface area (TPSA) is 112 Å². The Morgan fingerprint density at radius 1 is 0.886 bits per heavy atom. The van der Waals surface area contributed by atoms with Crippen molar-refractivity contribution in [3.8, 4) is 17.2 Å². The molecule has 1 atom stereocenters. The van der Waals surface area contributed by atoms with Crippen LogP contribution in [0, 0.1) is 0 Å². The molecule has 9 heteroatoms. The first-order chi connectivity index (χ1) is 17.1. The van der Waals surface area contributed by atoms with Crippen LogP contribution in [-0.2, 0) is 16.1 Å². The van der Waals surface area contributed by atoms with Crippen LogP contribution in [0.1, 0.15) is 15.9 Å². The molecule has 1 unspecified atom stereocenters. The zero-order chi connectivity index (χ0) is 24.5. The van der Waals surface area contributed by atoms with E-state index in [0.29, 0.717) is 22.8 Å². The summed E-state index contributed by atoms with van der Waals surface area (Å²) in [7, 11) is 0. The van der Waals surface area contributed by atoms with Crippen molar-refractivity contribution in [3.63, 3.8) is 0 Å². The zero-order valence-electron chi connectivity index (χ0n) is 18.8. The Hall–Kier alpha value is -4.53. The molecular weight excluding hydrogens is 452 g/mol. The Morgan fingerprint density at radius 3 is 2.43 bits per heavy atom. The third-order valence-corrected chi connectivity index (χ3v) is 5.02. The van der Waals surface area contributed by atoms with Crippen LogP contribution >= 0.6 is 0 Å². The molecule has 3 aromatic rings. The van der Waals surface area contributed by atoms with Crippen molar-refractivity contribution >= 4 is 17.9 Å². The van der Waals surface area contributed by atoms with E-state index in [1.54, 1.807) is 36.4 Å². The minimum atomic E-state index is -0.764.